The Labute approximate surface area is 176 Å². The van der Waals surface area contributed by atoms with Crippen LogP contribution in [0.15, 0.2) is 65.8 Å². The smallest absolute Gasteiger partial charge is 0.272 e. The number of pyridine rings is 1. The molecule has 0 spiro atoms. The highest BCUT2D eigenvalue weighted by atomic mass is 35.5. The van der Waals surface area contributed by atoms with E-state index in [0.29, 0.717) is 35.9 Å². The van der Waals surface area contributed by atoms with Gasteiger partial charge in [0.15, 0.2) is 5.65 Å². The Morgan fingerprint density at radius 2 is 1.87 bits per heavy atom. The third-order valence-corrected chi connectivity index (χ3v) is 5.68. The third-order valence-electron chi connectivity index (χ3n) is 5.43. The van der Waals surface area contributed by atoms with Gasteiger partial charge in [0, 0.05) is 60.7 Å². The zero-order chi connectivity index (χ0) is 20.7. The predicted molar refractivity (Wildman–Crippen MR) is 113 cm³/mol. The zero-order valence-corrected chi connectivity index (χ0v) is 16.7. The SMILES string of the molecule is O=C1C[C@@H](c2cc(=O)n3[nH]cc(-c4ccc(Cl)cc4)c3n2)CN1Cc1ccncc1. The molecule has 1 atom stereocenters. The van der Waals surface area contributed by atoms with Gasteiger partial charge < -0.3 is 4.90 Å². The van der Waals surface area contributed by atoms with Crippen molar-refractivity contribution < 1.29 is 4.79 Å². The van der Waals surface area contributed by atoms with Crippen LogP contribution in [-0.2, 0) is 11.3 Å². The highest BCUT2D eigenvalue weighted by Crippen LogP contribution is 2.30. The molecular formula is C22H18ClN5O2. The summed E-state index contributed by atoms with van der Waals surface area (Å²) in [4.78, 5) is 35.8. The van der Waals surface area contributed by atoms with E-state index in [1.807, 2.05) is 24.3 Å². The third kappa shape index (κ3) is 3.37. The number of amides is 1. The van der Waals surface area contributed by atoms with Crippen molar-refractivity contribution >= 4 is 23.2 Å². The molecule has 1 aliphatic heterocycles. The second-order valence-electron chi connectivity index (χ2n) is 7.40. The number of rotatable bonds is 4. The van der Waals surface area contributed by atoms with E-state index in [4.69, 9.17) is 16.6 Å². The van der Waals surface area contributed by atoms with E-state index in [-0.39, 0.29) is 17.4 Å². The van der Waals surface area contributed by atoms with Crippen LogP contribution in [0.4, 0.5) is 0 Å². The van der Waals surface area contributed by atoms with Crippen molar-refractivity contribution in [3.05, 3.63) is 87.7 Å². The minimum atomic E-state index is -0.199. The minimum absolute atomic E-state index is 0.0609. The van der Waals surface area contributed by atoms with Crippen LogP contribution < -0.4 is 5.56 Å². The molecule has 0 saturated carbocycles. The maximum absolute atomic E-state index is 12.7. The minimum Gasteiger partial charge on any atom is -0.338 e. The molecule has 3 aromatic heterocycles. The number of aromatic amines is 1. The average Bonchev–Trinajstić information content (AvgIpc) is 3.34. The summed E-state index contributed by atoms with van der Waals surface area (Å²) >= 11 is 5.99. The molecule has 1 aliphatic rings. The lowest BCUT2D eigenvalue weighted by Gasteiger charge is -2.16. The summed E-state index contributed by atoms with van der Waals surface area (Å²) in [7, 11) is 0. The van der Waals surface area contributed by atoms with Gasteiger partial charge in [-0.05, 0) is 35.4 Å². The number of carbonyl (C=O) groups excluding carboxylic acids is 1. The number of carbonyl (C=O) groups is 1. The Bertz CT molecular complexity index is 1280. The van der Waals surface area contributed by atoms with E-state index in [2.05, 4.69) is 10.1 Å². The van der Waals surface area contributed by atoms with Gasteiger partial charge in [0.05, 0.1) is 5.69 Å². The van der Waals surface area contributed by atoms with Gasteiger partial charge in [0.1, 0.15) is 0 Å². The largest absolute Gasteiger partial charge is 0.338 e. The number of benzene rings is 1. The van der Waals surface area contributed by atoms with Crippen LogP contribution in [-0.4, -0.2) is 36.9 Å². The topological polar surface area (TPSA) is 83.4 Å². The van der Waals surface area contributed by atoms with Crippen LogP contribution in [0, 0.1) is 0 Å². The molecule has 0 radical (unpaired) electrons. The van der Waals surface area contributed by atoms with Gasteiger partial charge >= 0.3 is 0 Å². The fourth-order valence-corrected chi connectivity index (χ4v) is 4.01. The molecule has 1 fully saturated rings. The lowest BCUT2D eigenvalue weighted by atomic mass is 10.0. The molecule has 8 heteroatoms. The van der Waals surface area contributed by atoms with E-state index >= 15 is 0 Å². The number of hydrogen-bond acceptors (Lipinski definition) is 4. The fourth-order valence-electron chi connectivity index (χ4n) is 3.88. The molecular weight excluding hydrogens is 402 g/mol. The van der Waals surface area contributed by atoms with Crippen molar-refractivity contribution in [1.29, 1.82) is 0 Å². The van der Waals surface area contributed by atoms with Crippen molar-refractivity contribution in [2.75, 3.05) is 6.54 Å². The summed E-state index contributed by atoms with van der Waals surface area (Å²) in [5.74, 6) is -0.0594. The first-order valence-electron chi connectivity index (χ1n) is 9.62. The van der Waals surface area contributed by atoms with Crippen LogP contribution in [0.3, 0.4) is 0 Å². The van der Waals surface area contributed by atoms with E-state index < -0.39 is 0 Å². The van der Waals surface area contributed by atoms with Crippen LogP contribution in [0.25, 0.3) is 16.8 Å². The molecule has 0 unspecified atom stereocenters. The second-order valence-corrected chi connectivity index (χ2v) is 7.84. The molecule has 150 valence electrons. The van der Waals surface area contributed by atoms with E-state index in [9.17, 15) is 9.59 Å². The summed E-state index contributed by atoms with van der Waals surface area (Å²) in [5, 5.41) is 3.60. The van der Waals surface area contributed by atoms with Crippen LogP contribution in [0.2, 0.25) is 5.02 Å². The standard InChI is InChI=1S/C22H18ClN5O2/c23-17-3-1-15(2-4-17)18-11-25-28-21(30)10-19(26-22(18)28)16-9-20(29)27(13-16)12-14-5-7-24-8-6-14/h1-8,10-11,16,25H,9,12-13H2/t16-/m1/s1. The van der Waals surface area contributed by atoms with E-state index in [1.165, 1.54) is 10.6 Å². The Morgan fingerprint density at radius 3 is 2.63 bits per heavy atom. The number of halogens is 1. The maximum Gasteiger partial charge on any atom is 0.272 e. The van der Waals surface area contributed by atoms with Gasteiger partial charge in [-0.25, -0.2) is 9.50 Å². The normalized spacial score (nSPS) is 16.5. The molecule has 4 aromatic rings. The lowest BCUT2D eigenvalue weighted by molar-refractivity contribution is -0.128. The number of likely N-dealkylation sites (tertiary alicyclic amines) is 1. The Balaban J connectivity index is 1.47. The number of hydrogen-bond donors (Lipinski definition) is 1. The predicted octanol–water partition coefficient (Wildman–Crippen LogP) is 3.25. The lowest BCUT2D eigenvalue weighted by Crippen LogP contribution is -2.24. The number of nitrogens with one attached hydrogen (secondary N) is 1. The first-order valence-corrected chi connectivity index (χ1v) is 10.00. The van der Waals surface area contributed by atoms with E-state index in [0.717, 1.165) is 16.7 Å². The number of nitrogens with zero attached hydrogens (tertiary/aromatic N) is 4. The summed E-state index contributed by atoms with van der Waals surface area (Å²) in [6.07, 6.45) is 5.53. The monoisotopic (exact) mass is 419 g/mol. The quantitative estimate of drug-likeness (QED) is 0.550. The van der Waals surface area contributed by atoms with Crippen molar-refractivity contribution in [3.8, 4) is 11.1 Å². The highest BCUT2D eigenvalue weighted by Gasteiger charge is 2.32. The summed E-state index contributed by atoms with van der Waals surface area (Å²) in [5.41, 5.74) is 3.72. The second kappa shape index (κ2) is 7.42. The van der Waals surface area contributed by atoms with Crippen molar-refractivity contribution in [3.63, 3.8) is 0 Å². The highest BCUT2D eigenvalue weighted by molar-refractivity contribution is 6.30. The van der Waals surface area contributed by atoms with Crippen LogP contribution >= 0.6 is 11.6 Å². The van der Waals surface area contributed by atoms with Gasteiger partial charge in [0.25, 0.3) is 5.56 Å². The van der Waals surface area contributed by atoms with Gasteiger partial charge in [-0.15, -0.1) is 0 Å². The van der Waals surface area contributed by atoms with Crippen molar-refractivity contribution in [1.82, 2.24) is 24.5 Å². The van der Waals surface area contributed by atoms with Gasteiger partial charge in [0.2, 0.25) is 5.91 Å². The van der Waals surface area contributed by atoms with Crippen LogP contribution in [0.5, 0.6) is 0 Å². The van der Waals surface area contributed by atoms with Gasteiger partial charge in [-0.1, -0.05) is 23.7 Å². The molecule has 0 bridgehead atoms. The Hall–Kier alpha value is -3.45. The molecule has 1 saturated heterocycles. The molecule has 1 aromatic carbocycles. The number of H-pyrrole nitrogens is 1. The molecule has 4 heterocycles. The zero-order valence-electron chi connectivity index (χ0n) is 16.0. The fraction of sp³-hybridized carbons (Fsp3) is 0.182. The summed E-state index contributed by atoms with van der Waals surface area (Å²) in [6, 6.07) is 12.7. The average molecular weight is 420 g/mol. The first-order chi connectivity index (χ1) is 14.6. The Kier molecular flexibility index (Phi) is 4.59. The van der Waals surface area contributed by atoms with Gasteiger partial charge in [-0.3, -0.25) is 19.7 Å². The molecule has 0 aliphatic carbocycles. The molecule has 7 nitrogen and oxygen atoms in total. The van der Waals surface area contributed by atoms with Crippen molar-refractivity contribution in [2.24, 2.45) is 0 Å². The van der Waals surface area contributed by atoms with Gasteiger partial charge in [-0.2, -0.15) is 0 Å². The number of fused-ring (bicyclic) bond motifs is 1. The van der Waals surface area contributed by atoms with Crippen LogP contribution in [0.1, 0.15) is 23.6 Å². The molecule has 30 heavy (non-hydrogen) atoms. The molecule has 1 N–H and O–H groups in total. The van der Waals surface area contributed by atoms with E-state index in [1.54, 1.807) is 35.6 Å². The first kappa shape index (κ1) is 18.6. The van der Waals surface area contributed by atoms with Crippen molar-refractivity contribution in [2.45, 2.75) is 18.9 Å². The maximum atomic E-state index is 12.7. The number of aromatic nitrogens is 4. The molecule has 5 rings (SSSR count). The summed E-state index contributed by atoms with van der Waals surface area (Å²) < 4.78 is 1.42. The Morgan fingerprint density at radius 1 is 1.10 bits per heavy atom. The molecule has 1 amide bonds. The summed E-state index contributed by atoms with van der Waals surface area (Å²) in [6.45, 7) is 1.06.